The third-order valence-electron chi connectivity index (χ3n) is 3.57. The molecular weight excluding hydrogens is 386 g/mol. The highest BCUT2D eigenvalue weighted by molar-refractivity contribution is 8.14. The van der Waals surface area contributed by atoms with E-state index in [0.717, 1.165) is 11.8 Å². The summed E-state index contributed by atoms with van der Waals surface area (Å²) in [4.78, 5) is 49.1. The molecule has 2 atom stereocenters. The molecule has 1 aromatic carbocycles. The van der Waals surface area contributed by atoms with E-state index in [2.05, 4.69) is 0 Å². The van der Waals surface area contributed by atoms with Crippen LogP contribution in [-0.2, 0) is 14.4 Å². The van der Waals surface area contributed by atoms with Crippen molar-refractivity contribution in [3.63, 3.8) is 0 Å². The summed E-state index contributed by atoms with van der Waals surface area (Å²) in [6.45, 7) is 1.31. The van der Waals surface area contributed by atoms with Crippen molar-refractivity contribution in [2.24, 2.45) is 0 Å². The summed E-state index contributed by atoms with van der Waals surface area (Å²) in [6, 6.07) is 5.31. The summed E-state index contributed by atoms with van der Waals surface area (Å²) in [7, 11) is 0. The van der Waals surface area contributed by atoms with E-state index in [-0.39, 0.29) is 23.2 Å². The zero-order valence-corrected chi connectivity index (χ0v) is 15.7. The maximum Gasteiger partial charge on any atom is 0.327 e. The van der Waals surface area contributed by atoms with Crippen LogP contribution in [0.15, 0.2) is 24.3 Å². The number of hydrogen-bond donors (Lipinski definition) is 1. The Bertz CT molecular complexity index is 694. The monoisotopic (exact) mass is 401 g/mol. The Morgan fingerprint density at radius 3 is 2.52 bits per heavy atom. The van der Waals surface area contributed by atoms with Gasteiger partial charge in [-0.25, -0.2) is 4.79 Å². The molecule has 1 heterocycles. The zero-order valence-electron chi connectivity index (χ0n) is 13.3. The first-order valence-corrected chi connectivity index (χ1v) is 9.78. The average Bonchev–Trinajstić information content (AvgIpc) is 3.03. The lowest BCUT2D eigenvalue weighted by molar-refractivity contribution is -0.147. The molecule has 1 amide bonds. The molecule has 0 bridgehead atoms. The molecule has 25 heavy (non-hydrogen) atoms. The fourth-order valence-corrected chi connectivity index (χ4v) is 4.50. The molecule has 6 nitrogen and oxygen atoms in total. The highest BCUT2D eigenvalue weighted by atomic mass is 35.5. The minimum Gasteiger partial charge on any atom is -0.480 e. The number of halogens is 1. The van der Waals surface area contributed by atoms with E-state index in [1.807, 2.05) is 0 Å². The second-order valence-corrected chi connectivity index (χ2v) is 8.21. The molecule has 1 unspecified atom stereocenters. The molecule has 9 heteroatoms. The van der Waals surface area contributed by atoms with Gasteiger partial charge in [0.25, 0.3) is 0 Å². The van der Waals surface area contributed by atoms with Gasteiger partial charge in [0.15, 0.2) is 10.9 Å². The normalized spacial score (nSPS) is 18.0. The molecule has 1 saturated heterocycles. The highest BCUT2D eigenvalue weighted by Crippen LogP contribution is 2.27. The van der Waals surface area contributed by atoms with Gasteiger partial charge in [-0.3, -0.25) is 14.4 Å². The first kappa shape index (κ1) is 19.8. The lowest BCUT2D eigenvalue weighted by Gasteiger charge is -2.25. The van der Waals surface area contributed by atoms with Gasteiger partial charge >= 0.3 is 5.97 Å². The molecule has 1 aliphatic heterocycles. The number of ketones is 1. The maximum absolute atomic E-state index is 12.7. The Morgan fingerprint density at radius 1 is 1.32 bits per heavy atom. The van der Waals surface area contributed by atoms with Crippen molar-refractivity contribution >= 4 is 57.9 Å². The Hall–Kier alpha value is -1.51. The smallest absolute Gasteiger partial charge is 0.327 e. The molecule has 2 rings (SSSR count). The van der Waals surface area contributed by atoms with Crippen molar-refractivity contribution in [1.82, 2.24) is 4.90 Å². The number of nitrogens with zero attached hydrogens (tertiary/aromatic N) is 1. The third-order valence-corrected chi connectivity index (χ3v) is 5.82. The molecule has 134 valence electrons. The number of carboxylic acid groups (broad SMARTS) is 1. The molecule has 0 aliphatic carbocycles. The van der Waals surface area contributed by atoms with Crippen molar-refractivity contribution in [1.29, 1.82) is 0 Å². The van der Waals surface area contributed by atoms with Crippen LogP contribution in [0, 0.1) is 0 Å². The number of thioether (sulfide) groups is 2. The summed E-state index contributed by atoms with van der Waals surface area (Å²) in [6.07, 6.45) is -0.182. The summed E-state index contributed by atoms with van der Waals surface area (Å²) >= 11 is 7.88. The van der Waals surface area contributed by atoms with E-state index in [4.69, 9.17) is 11.6 Å². The number of hydrogen-bond acceptors (Lipinski definition) is 6. The molecule has 0 aromatic heterocycles. The van der Waals surface area contributed by atoms with Crippen molar-refractivity contribution in [2.45, 2.75) is 24.6 Å². The van der Waals surface area contributed by atoms with Crippen molar-refractivity contribution in [2.75, 3.05) is 11.6 Å². The zero-order chi connectivity index (χ0) is 18.6. The predicted molar refractivity (Wildman–Crippen MR) is 98.1 cm³/mol. The summed E-state index contributed by atoms with van der Waals surface area (Å²) in [5, 5.41) is 8.46. The van der Waals surface area contributed by atoms with Gasteiger partial charge in [-0.1, -0.05) is 23.4 Å². The Balaban J connectivity index is 2.16. The molecular formula is C16H16ClNO5S2. The highest BCUT2D eigenvalue weighted by Gasteiger charge is 2.39. The summed E-state index contributed by atoms with van der Waals surface area (Å²) < 4.78 is 0. The number of Topliss-reactive ketones (excluding diaryl/α,β-unsaturated/α-hetero) is 1. The fourth-order valence-electron chi connectivity index (χ4n) is 2.35. The van der Waals surface area contributed by atoms with E-state index in [1.54, 1.807) is 24.3 Å². The molecule has 1 aliphatic rings. The maximum atomic E-state index is 12.7. The molecule has 0 radical (unpaired) electrons. The number of carboxylic acids is 1. The minimum atomic E-state index is -1.09. The van der Waals surface area contributed by atoms with Gasteiger partial charge in [0.05, 0.1) is 11.1 Å². The van der Waals surface area contributed by atoms with E-state index < -0.39 is 23.2 Å². The minimum absolute atomic E-state index is 0.182. The molecule has 1 aromatic rings. The molecule has 1 fully saturated rings. The quantitative estimate of drug-likeness (QED) is 0.732. The second kappa shape index (κ2) is 8.73. The fraction of sp³-hybridized carbons (Fsp3) is 0.375. The van der Waals surface area contributed by atoms with Gasteiger partial charge in [0.1, 0.15) is 6.04 Å². The number of benzene rings is 1. The number of carbonyl (C=O) groups is 4. The van der Waals surface area contributed by atoms with Crippen LogP contribution < -0.4 is 0 Å². The van der Waals surface area contributed by atoms with Crippen molar-refractivity contribution in [3.05, 3.63) is 34.9 Å². The number of rotatable bonds is 6. The third kappa shape index (κ3) is 5.23. The predicted octanol–water partition coefficient (Wildman–Crippen LogP) is 2.55. The van der Waals surface area contributed by atoms with Crippen LogP contribution in [0.5, 0.6) is 0 Å². The Kier molecular flexibility index (Phi) is 6.92. The van der Waals surface area contributed by atoms with Gasteiger partial charge in [-0.15, -0.1) is 11.8 Å². The van der Waals surface area contributed by atoms with Crippen molar-refractivity contribution < 1.29 is 24.3 Å². The van der Waals surface area contributed by atoms with E-state index in [9.17, 15) is 24.3 Å². The molecule has 0 saturated carbocycles. The Morgan fingerprint density at radius 2 is 1.96 bits per heavy atom. The topological polar surface area (TPSA) is 91.8 Å². The average molecular weight is 402 g/mol. The van der Waals surface area contributed by atoms with Gasteiger partial charge < -0.3 is 10.0 Å². The van der Waals surface area contributed by atoms with E-state index in [1.165, 1.54) is 23.6 Å². The number of aliphatic carboxylic acids is 1. The molecule has 1 N–H and O–H groups in total. The summed E-state index contributed by atoms with van der Waals surface area (Å²) in [5.41, 5.74) is 0.386. The lowest BCUT2D eigenvalue weighted by Crippen LogP contribution is -2.46. The van der Waals surface area contributed by atoms with Crippen LogP contribution in [0.4, 0.5) is 0 Å². The molecule has 0 spiro atoms. The number of amides is 1. The Labute approximate surface area is 158 Å². The van der Waals surface area contributed by atoms with E-state index >= 15 is 0 Å². The largest absolute Gasteiger partial charge is 0.480 e. The van der Waals surface area contributed by atoms with Crippen LogP contribution in [0.1, 0.15) is 23.7 Å². The summed E-state index contributed by atoms with van der Waals surface area (Å²) in [5.74, 6) is -1.36. The van der Waals surface area contributed by atoms with E-state index in [0.29, 0.717) is 16.3 Å². The van der Waals surface area contributed by atoms with Crippen LogP contribution in [0.3, 0.4) is 0 Å². The van der Waals surface area contributed by atoms with Crippen molar-refractivity contribution in [3.8, 4) is 0 Å². The van der Waals surface area contributed by atoms with Gasteiger partial charge in [0, 0.05) is 29.7 Å². The van der Waals surface area contributed by atoms with Crippen LogP contribution in [-0.4, -0.2) is 55.7 Å². The van der Waals surface area contributed by atoms with Crippen LogP contribution in [0.25, 0.3) is 0 Å². The first-order valence-electron chi connectivity index (χ1n) is 7.36. The van der Waals surface area contributed by atoms with Gasteiger partial charge in [0.2, 0.25) is 5.91 Å². The van der Waals surface area contributed by atoms with Gasteiger partial charge in [-0.05, 0) is 24.3 Å². The SMILES string of the molecule is CC(=O)SC(CC(=O)c1ccc(Cl)cc1)C(=O)N1CSC[C@H]1C(=O)O. The number of carbonyl (C=O) groups excluding carboxylic acids is 3. The van der Waals surface area contributed by atoms with Crippen LogP contribution in [0.2, 0.25) is 5.02 Å². The second-order valence-electron chi connectivity index (χ2n) is 5.39. The first-order chi connectivity index (χ1) is 11.8. The standard InChI is InChI=1S/C16H16ClNO5S2/c1-9(19)25-14(6-13(20)10-2-4-11(17)5-3-10)15(21)18-8-24-7-12(18)16(22)23/h2-5,12,14H,6-8H2,1H3,(H,22,23)/t12-,14?/m0/s1. The lowest BCUT2D eigenvalue weighted by atomic mass is 10.1. The van der Waals surface area contributed by atoms with Crippen LogP contribution >= 0.6 is 35.1 Å². The van der Waals surface area contributed by atoms with Gasteiger partial charge in [-0.2, -0.15) is 0 Å².